The van der Waals surface area contributed by atoms with Crippen LogP contribution in [0.5, 0.6) is 0 Å². The highest BCUT2D eigenvalue weighted by Gasteiger charge is 2.17. The van der Waals surface area contributed by atoms with Crippen molar-refractivity contribution in [2.45, 2.75) is 25.1 Å². The quantitative estimate of drug-likeness (QED) is 0.845. The molecule has 1 aromatic heterocycles. The number of carbonyl (C=O) groups excluding carboxylic acids is 1. The molecule has 2 N–H and O–H groups in total. The highest BCUT2D eigenvalue weighted by Crippen LogP contribution is 2.19. The molecule has 0 saturated heterocycles. The molecule has 0 aliphatic heterocycles. The lowest BCUT2D eigenvalue weighted by Crippen LogP contribution is -2.39. The summed E-state index contributed by atoms with van der Waals surface area (Å²) in [6.45, 7) is 5.09. The molecule has 0 atom stereocenters. The summed E-state index contributed by atoms with van der Waals surface area (Å²) in [6, 6.07) is 12.7. The smallest absolute Gasteiger partial charge is 0.319 e. The minimum absolute atomic E-state index is 0.0540. The maximum atomic E-state index is 12.5. The van der Waals surface area contributed by atoms with Crippen LogP contribution in [0.2, 0.25) is 0 Å². The largest absolute Gasteiger partial charge is 0.336 e. The van der Waals surface area contributed by atoms with E-state index in [4.69, 9.17) is 0 Å². The Morgan fingerprint density at radius 1 is 1.17 bits per heavy atom. The predicted octanol–water partition coefficient (Wildman–Crippen LogP) is 3.16. The summed E-state index contributed by atoms with van der Waals surface area (Å²) in [6.07, 6.45) is 3.72. The first-order chi connectivity index (χ1) is 11.4. The normalized spacial score (nSPS) is 11.1. The maximum absolute atomic E-state index is 12.5. The summed E-state index contributed by atoms with van der Waals surface area (Å²) >= 11 is 1.67. The number of pyridine rings is 1. The number of hydrogen-bond acceptors (Lipinski definition) is 3. The molecule has 1 aromatic carbocycles. The zero-order valence-corrected chi connectivity index (χ0v) is 15.0. The topological polar surface area (TPSA) is 63.1 Å². The lowest BCUT2D eigenvalue weighted by molar-refractivity contribution is 0.251. The summed E-state index contributed by atoms with van der Waals surface area (Å²) in [4.78, 5) is 24.5. The number of urea groups is 1. The van der Waals surface area contributed by atoms with Gasteiger partial charge in [0, 0.05) is 17.5 Å². The van der Waals surface area contributed by atoms with Gasteiger partial charge in [-0.3, -0.25) is 4.79 Å². The van der Waals surface area contributed by atoms with E-state index in [9.17, 15) is 9.59 Å². The van der Waals surface area contributed by atoms with Crippen LogP contribution in [0.1, 0.15) is 19.4 Å². The molecular weight excluding hydrogens is 322 g/mol. The molecule has 1 heterocycles. The standard InChI is InChI=1S/C18H23N3O2S/c1-18(2,24-3)13-19-17(23)20-15-10-7-11-21(16(15)22)12-14-8-5-4-6-9-14/h4-11H,12-13H2,1-3H3,(H2,19,20,23). The van der Waals surface area contributed by atoms with Crippen LogP contribution in [0.4, 0.5) is 10.5 Å². The van der Waals surface area contributed by atoms with Gasteiger partial charge in [0.1, 0.15) is 5.69 Å². The zero-order valence-electron chi connectivity index (χ0n) is 14.2. The van der Waals surface area contributed by atoms with E-state index in [1.165, 1.54) is 0 Å². The van der Waals surface area contributed by atoms with Crippen LogP contribution in [-0.4, -0.2) is 28.1 Å². The number of amides is 2. The van der Waals surface area contributed by atoms with Crippen molar-refractivity contribution < 1.29 is 4.79 Å². The lowest BCUT2D eigenvalue weighted by Gasteiger charge is -2.22. The minimum atomic E-state index is -0.369. The Morgan fingerprint density at radius 3 is 2.54 bits per heavy atom. The molecule has 24 heavy (non-hydrogen) atoms. The Hall–Kier alpha value is -2.21. The maximum Gasteiger partial charge on any atom is 0.319 e. The highest BCUT2D eigenvalue weighted by molar-refractivity contribution is 7.99. The van der Waals surface area contributed by atoms with Crippen molar-refractivity contribution in [3.05, 3.63) is 64.6 Å². The highest BCUT2D eigenvalue weighted by atomic mass is 32.2. The number of benzene rings is 1. The second-order valence-electron chi connectivity index (χ2n) is 6.11. The number of carbonyl (C=O) groups is 1. The number of aromatic nitrogens is 1. The average molecular weight is 345 g/mol. The van der Waals surface area contributed by atoms with Crippen LogP contribution in [0.15, 0.2) is 53.5 Å². The van der Waals surface area contributed by atoms with Gasteiger partial charge in [-0.05, 0) is 37.8 Å². The number of thioether (sulfide) groups is 1. The number of rotatable bonds is 6. The molecule has 2 amide bonds. The lowest BCUT2D eigenvalue weighted by atomic mass is 10.2. The summed E-state index contributed by atoms with van der Waals surface area (Å²) in [5.74, 6) is 0. The van der Waals surface area contributed by atoms with E-state index in [0.29, 0.717) is 13.1 Å². The van der Waals surface area contributed by atoms with Gasteiger partial charge in [0.05, 0.1) is 6.54 Å². The number of anilines is 1. The molecule has 0 bridgehead atoms. The van der Waals surface area contributed by atoms with Gasteiger partial charge in [-0.2, -0.15) is 11.8 Å². The second kappa shape index (κ2) is 8.06. The van der Waals surface area contributed by atoms with E-state index in [1.807, 2.05) is 50.4 Å². The van der Waals surface area contributed by atoms with Crippen molar-refractivity contribution in [3.63, 3.8) is 0 Å². The summed E-state index contributed by atoms with van der Waals surface area (Å²) in [5.41, 5.74) is 1.08. The van der Waals surface area contributed by atoms with Gasteiger partial charge in [-0.1, -0.05) is 30.3 Å². The molecular formula is C18H23N3O2S. The van der Waals surface area contributed by atoms with Crippen LogP contribution < -0.4 is 16.2 Å². The van der Waals surface area contributed by atoms with E-state index in [2.05, 4.69) is 10.6 Å². The minimum Gasteiger partial charge on any atom is -0.336 e. The first-order valence-electron chi connectivity index (χ1n) is 7.75. The second-order valence-corrected chi connectivity index (χ2v) is 7.63. The summed E-state index contributed by atoms with van der Waals surface area (Å²) < 4.78 is 1.53. The van der Waals surface area contributed by atoms with Crippen molar-refractivity contribution >= 4 is 23.5 Å². The molecule has 128 valence electrons. The Labute approximate surface area is 146 Å². The summed E-state index contributed by atoms with van der Waals surface area (Å²) in [5, 5.41) is 5.44. The van der Waals surface area contributed by atoms with Gasteiger partial charge in [0.15, 0.2) is 0 Å². The zero-order chi connectivity index (χ0) is 17.6. The predicted molar refractivity (Wildman–Crippen MR) is 101 cm³/mol. The molecule has 6 heteroatoms. The Balaban J connectivity index is 2.05. The van der Waals surface area contributed by atoms with Crippen LogP contribution in [0.25, 0.3) is 0 Å². The van der Waals surface area contributed by atoms with Crippen molar-refractivity contribution in [1.29, 1.82) is 0 Å². The first-order valence-corrected chi connectivity index (χ1v) is 8.97. The molecule has 0 aliphatic carbocycles. The van der Waals surface area contributed by atoms with Crippen molar-refractivity contribution in [2.75, 3.05) is 18.1 Å². The Kier molecular flexibility index (Phi) is 6.09. The fraction of sp³-hybridized carbons (Fsp3) is 0.333. The van der Waals surface area contributed by atoms with Gasteiger partial charge >= 0.3 is 6.03 Å². The third kappa shape index (κ3) is 5.16. The van der Waals surface area contributed by atoms with Crippen LogP contribution in [0, 0.1) is 0 Å². The Bertz CT molecular complexity index is 741. The van der Waals surface area contributed by atoms with Crippen molar-refractivity contribution in [1.82, 2.24) is 9.88 Å². The van der Waals surface area contributed by atoms with Gasteiger partial charge in [0.2, 0.25) is 0 Å². The van der Waals surface area contributed by atoms with E-state index in [0.717, 1.165) is 5.56 Å². The van der Waals surface area contributed by atoms with Crippen LogP contribution in [-0.2, 0) is 6.54 Å². The molecule has 0 spiro atoms. The van der Waals surface area contributed by atoms with Gasteiger partial charge < -0.3 is 15.2 Å². The van der Waals surface area contributed by atoms with Crippen LogP contribution >= 0.6 is 11.8 Å². The molecule has 2 aromatic rings. The van der Waals surface area contributed by atoms with Gasteiger partial charge in [0.25, 0.3) is 5.56 Å². The molecule has 0 fully saturated rings. The van der Waals surface area contributed by atoms with Gasteiger partial charge in [-0.25, -0.2) is 4.79 Å². The van der Waals surface area contributed by atoms with E-state index < -0.39 is 0 Å². The molecule has 0 unspecified atom stereocenters. The first kappa shape index (κ1) is 18.1. The van der Waals surface area contributed by atoms with E-state index >= 15 is 0 Å². The SMILES string of the molecule is CSC(C)(C)CNC(=O)Nc1cccn(Cc2ccccc2)c1=O. The number of nitrogens with one attached hydrogen (secondary N) is 2. The average Bonchev–Trinajstić information content (AvgIpc) is 2.58. The third-order valence-electron chi connectivity index (χ3n) is 3.69. The molecule has 2 rings (SSSR count). The Morgan fingerprint density at radius 2 is 1.88 bits per heavy atom. The van der Waals surface area contributed by atoms with Crippen LogP contribution in [0.3, 0.4) is 0 Å². The number of nitrogens with zero attached hydrogens (tertiary/aromatic N) is 1. The number of hydrogen-bond donors (Lipinski definition) is 2. The fourth-order valence-corrected chi connectivity index (χ4v) is 2.28. The fourth-order valence-electron chi connectivity index (χ4n) is 2.07. The van der Waals surface area contributed by atoms with Crippen molar-refractivity contribution in [3.8, 4) is 0 Å². The third-order valence-corrected chi connectivity index (χ3v) is 4.94. The molecule has 5 nitrogen and oxygen atoms in total. The molecule has 0 aliphatic rings. The van der Waals surface area contributed by atoms with E-state index in [1.54, 1.807) is 34.7 Å². The molecule has 0 saturated carbocycles. The molecule has 0 radical (unpaired) electrons. The van der Waals surface area contributed by atoms with Gasteiger partial charge in [-0.15, -0.1) is 0 Å². The van der Waals surface area contributed by atoms with E-state index in [-0.39, 0.29) is 22.0 Å². The monoisotopic (exact) mass is 345 g/mol. The van der Waals surface area contributed by atoms with Crippen molar-refractivity contribution in [2.24, 2.45) is 0 Å². The summed E-state index contributed by atoms with van der Waals surface area (Å²) in [7, 11) is 0.